The fourth-order valence-electron chi connectivity index (χ4n) is 1.78. The molecule has 1 atom stereocenters. The first-order valence-electron chi connectivity index (χ1n) is 5.76. The molecule has 6 heteroatoms. The van der Waals surface area contributed by atoms with Crippen molar-refractivity contribution in [1.29, 1.82) is 0 Å². The highest BCUT2D eigenvalue weighted by Crippen LogP contribution is 2.16. The van der Waals surface area contributed by atoms with E-state index in [-0.39, 0.29) is 11.9 Å². The van der Waals surface area contributed by atoms with E-state index in [4.69, 9.17) is 0 Å². The summed E-state index contributed by atoms with van der Waals surface area (Å²) in [7, 11) is 1.77. The van der Waals surface area contributed by atoms with Gasteiger partial charge in [0.25, 0.3) is 0 Å². The highest BCUT2D eigenvalue weighted by Gasteiger charge is 2.22. The van der Waals surface area contributed by atoms with Gasteiger partial charge in [0.2, 0.25) is 11.9 Å². The minimum atomic E-state index is -0.193. The molecular formula is C11H17N5O. The van der Waals surface area contributed by atoms with Crippen molar-refractivity contribution in [3.8, 4) is 0 Å². The van der Waals surface area contributed by atoms with Crippen molar-refractivity contribution in [2.24, 2.45) is 0 Å². The maximum absolute atomic E-state index is 11.6. The van der Waals surface area contributed by atoms with Crippen LogP contribution in [0.25, 0.3) is 0 Å². The molecule has 17 heavy (non-hydrogen) atoms. The van der Waals surface area contributed by atoms with Gasteiger partial charge in [-0.2, -0.15) is 4.98 Å². The van der Waals surface area contributed by atoms with Gasteiger partial charge in [-0.15, -0.1) is 0 Å². The molecule has 1 aliphatic rings. The van der Waals surface area contributed by atoms with Crippen LogP contribution in [0.15, 0.2) is 6.20 Å². The average Bonchev–Trinajstić information content (AvgIpc) is 2.35. The van der Waals surface area contributed by atoms with Crippen LogP contribution in [0.1, 0.15) is 18.4 Å². The lowest BCUT2D eigenvalue weighted by Crippen LogP contribution is -2.44. The topological polar surface area (TPSA) is 78.9 Å². The molecule has 0 aromatic carbocycles. The second-order valence-electron chi connectivity index (χ2n) is 4.11. The minimum Gasteiger partial charge on any atom is -0.358 e. The third-order valence-corrected chi connectivity index (χ3v) is 2.79. The van der Waals surface area contributed by atoms with Gasteiger partial charge in [0, 0.05) is 25.4 Å². The molecule has 2 heterocycles. The zero-order valence-corrected chi connectivity index (χ0v) is 10.1. The van der Waals surface area contributed by atoms with E-state index in [0.29, 0.717) is 11.8 Å². The fraction of sp³-hybridized carbons (Fsp3) is 0.545. The Morgan fingerprint density at radius 3 is 3.06 bits per heavy atom. The average molecular weight is 235 g/mol. The number of aryl methyl sites for hydroxylation is 1. The first kappa shape index (κ1) is 11.6. The normalized spacial score (nSPS) is 19.6. The van der Waals surface area contributed by atoms with Crippen molar-refractivity contribution in [3.63, 3.8) is 0 Å². The summed E-state index contributed by atoms with van der Waals surface area (Å²) in [5, 5.41) is 8.89. The number of piperidine rings is 1. The molecule has 3 N–H and O–H groups in total. The summed E-state index contributed by atoms with van der Waals surface area (Å²) >= 11 is 0. The summed E-state index contributed by atoms with van der Waals surface area (Å²) in [6.07, 6.45) is 3.57. The lowest BCUT2D eigenvalue weighted by Gasteiger charge is -2.23. The molecule has 0 saturated carbocycles. The number of carbonyl (C=O) groups excluding carboxylic acids is 1. The maximum atomic E-state index is 11.6. The molecule has 92 valence electrons. The molecule has 1 fully saturated rings. The molecule has 0 spiro atoms. The van der Waals surface area contributed by atoms with Crippen LogP contribution in [0.5, 0.6) is 0 Å². The van der Waals surface area contributed by atoms with Gasteiger partial charge < -0.3 is 16.0 Å². The number of aromatic nitrogens is 2. The van der Waals surface area contributed by atoms with Crippen LogP contribution in [0, 0.1) is 6.92 Å². The van der Waals surface area contributed by atoms with Gasteiger partial charge in [0.1, 0.15) is 11.9 Å². The maximum Gasteiger partial charge on any atom is 0.242 e. The monoisotopic (exact) mass is 235 g/mol. The third kappa shape index (κ3) is 2.64. The highest BCUT2D eigenvalue weighted by molar-refractivity contribution is 5.85. The molecule has 6 nitrogen and oxygen atoms in total. The molecule has 2 rings (SSSR count). The Labute approximate surface area is 100 Å². The van der Waals surface area contributed by atoms with Gasteiger partial charge in [-0.25, -0.2) is 4.98 Å². The molecule has 0 bridgehead atoms. The summed E-state index contributed by atoms with van der Waals surface area (Å²) in [6, 6.07) is -0.193. The predicted molar refractivity (Wildman–Crippen MR) is 66.0 cm³/mol. The van der Waals surface area contributed by atoms with E-state index in [1.807, 2.05) is 6.92 Å². The number of carbonyl (C=O) groups is 1. The van der Waals surface area contributed by atoms with Crippen LogP contribution in [-0.2, 0) is 4.79 Å². The Hall–Kier alpha value is -1.85. The molecule has 1 unspecified atom stereocenters. The summed E-state index contributed by atoms with van der Waals surface area (Å²) < 4.78 is 0. The zero-order valence-electron chi connectivity index (χ0n) is 10.1. The minimum absolute atomic E-state index is 0.0419. The van der Waals surface area contributed by atoms with E-state index < -0.39 is 0 Å². The van der Waals surface area contributed by atoms with E-state index >= 15 is 0 Å². The van der Waals surface area contributed by atoms with Crippen LogP contribution in [-0.4, -0.2) is 35.5 Å². The summed E-state index contributed by atoms with van der Waals surface area (Å²) in [4.78, 5) is 20.0. The van der Waals surface area contributed by atoms with E-state index in [1.54, 1.807) is 13.2 Å². The number of hydrogen-bond donors (Lipinski definition) is 3. The molecular weight excluding hydrogens is 218 g/mol. The number of hydrogen-bond acceptors (Lipinski definition) is 5. The van der Waals surface area contributed by atoms with E-state index in [2.05, 4.69) is 25.9 Å². The van der Waals surface area contributed by atoms with Gasteiger partial charge in [0.15, 0.2) is 0 Å². The van der Waals surface area contributed by atoms with Gasteiger partial charge in [0.05, 0.1) is 0 Å². The van der Waals surface area contributed by atoms with Crippen molar-refractivity contribution < 1.29 is 4.79 Å². The molecule has 1 aliphatic heterocycles. The summed E-state index contributed by atoms with van der Waals surface area (Å²) in [6.45, 7) is 2.68. The molecule has 1 amide bonds. The standard InChI is InChI=1S/C11H17N5O/c1-7-6-14-11(12-2)16-9(7)15-8-4-3-5-13-10(8)17/h6,8H,3-5H2,1-2H3,(H,13,17)(H2,12,14,15,16). The lowest BCUT2D eigenvalue weighted by molar-refractivity contribution is -0.123. The second-order valence-corrected chi connectivity index (χ2v) is 4.11. The van der Waals surface area contributed by atoms with Gasteiger partial charge in [-0.05, 0) is 19.8 Å². The van der Waals surface area contributed by atoms with Gasteiger partial charge in [-0.1, -0.05) is 0 Å². The predicted octanol–water partition coefficient (Wildman–Crippen LogP) is 0.517. The highest BCUT2D eigenvalue weighted by atomic mass is 16.2. The van der Waals surface area contributed by atoms with Crippen molar-refractivity contribution in [1.82, 2.24) is 15.3 Å². The number of nitrogens with zero attached hydrogens (tertiary/aromatic N) is 2. The second kappa shape index (κ2) is 4.99. The Morgan fingerprint density at radius 1 is 1.53 bits per heavy atom. The molecule has 0 radical (unpaired) electrons. The van der Waals surface area contributed by atoms with Crippen molar-refractivity contribution in [2.45, 2.75) is 25.8 Å². The Balaban J connectivity index is 2.14. The van der Waals surface area contributed by atoms with Crippen molar-refractivity contribution in [3.05, 3.63) is 11.8 Å². The van der Waals surface area contributed by atoms with E-state index in [0.717, 1.165) is 24.9 Å². The third-order valence-electron chi connectivity index (χ3n) is 2.79. The summed E-state index contributed by atoms with van der Waals surface area (Å²) in [5.74, 6) is 1.31. The van der Waals surface area contributed by atoms with Crippen LogP contribution >= 0.6 is 0 Å². The molecule has 0 aliphatic carbocycles. The van der Waals surface area contributed by atoms with Gasteiger partial charge >= 0.3 is 0 Å². The smallest absolute Gasteiger partial charge is 0.242 e. The molecule has 1 saturated heterocycles. The quantitative estimate of drug-likeness (QED) is 0.711. The number of rotatable bonds is 3. The first-order chi connectivity index (χ1) is 8.20. The van der Waals surface area contributed by atoms with Gasteiger partial charge in [-0.3, -0.25) is 4.79 Å². The Kier molecular flexibility index (Phi) is 3.41. The Bertz CT molecular complexity index is 420. The largest absolute Gasteiger partial charge is 0.358 e. The van der Waals surface area contributed by atoms with E-state index in [1.165, 1.54) is 0 Å². The van der Waals surface area contributed by atoms with Crippen molar-refractivity contribution in [2.75, 3.05) is 24.2 Å². The number of anilines is 2. The van der Waals surface area contributed by atoms with Crippen LogP contribution in [0.4, 0.5) is 11.8 Å². The Morgan fingerprint density at radius 2 is 2.35 bits per heavy atom. The zero-order chi connectivity index (χ0) is 12.3. The van der Waals surface area contributed by atoms with Crippen LogP contribution in [0.2, 0.25) is 0 Å². The van der Waals surface area contributed by atoms with Crippen molar-refractivity contribution >= 4 is 17.7 Å². The molecule has 1 aromatic heterocycles. The lowest BCUT2D eigenvalue weighted by atomic mass is 10.1. The number of nitrogens with one attached hydrogen (secondary N) is 3. The van der Waals surface area contributed by atoms with Crippen LogP contribution < -0.4 is 16.0 Å². The summed E-state index contributed by atoms with van der Waals surface area (Å²) in [5.41, 5.74) is 0.933. The molecule has 1 aromatic rings. The first-order valence-corrected chi connectivity index (χ1v) is 5.76. The van der Waals surface area contributed by atoms with E-state index in [9.17, 15) is 4.79 Å². The van der Waals surface area contributed by atoms with Crippen LogP contribution in [0.3, 0.4) is 0 Å². The SMILES string of the molecule is CNc1ncc(C)c(NC2CCCNC2=O)n1. The number of amides is 1. The fourth-order valence-corrected chi connectivity index (χ4v) is 1.78.